The summed E-state index contributed by atoms with van der Waals surface area (Å²) in [5.41, 5.74) is 1.87. The zero-order chi connectivity index (χ0) is 26.7. The quantitative estimate of drug-likeness (QED) is 0.216. The van der Waals surface area contributed by atoms with Crippen molar-refractivity contribution in [3.05, 3.63) is 119 Å². The lowest BCUT2D eigenvalue weighted by Gasteiger charge is -2.27. The Morgan fingerprint density at radius 1 is 0.744 bits per heavy atom. The van der Waals surface area contributed by atoms with Crippen LogP contribution in [-0.2, 0) is 14.4 Å². The average molecular weight is 555 g/mol. The molecule has 0 N–H and O–H groups in total. The van der Waals surface area contributed by atoms with Gasteiger partial charge in [-0.2, -0.15) is 0 Å². The van der Waals surface area contributed by atoms with E-state index >= 15 is 0 Å². The third-order valence-electron chi connectivity index (χ3n) is 7.25. The first kappa shape index (κ1) is 24.0. The number of anilines is 2. The second-order valence-electron chi connectivity index (χ2n) is 9.49. The summed E-state index contributed by atoms with van der Waals surface area (Å²) in [6.45, 7) is 0. The maximum atomic E-state index is 14.1. The highest BCUT2D eigenvalue weighted by atomic mass is 35.5. The Bertz CT molecular complexity index is 1750. The standard InChI is InChI=1S/C31H20Cl2N2O4/c32-19-13-14-23(33)22(17-19)25-15-16-26(38-25)28-27-29(39-35(28)20-9-2-1-3-10-20)31(37)34(30(27)36)24-12-6-8-18-7-4-5-11-21(18)24/h1-17,27-29H/t27-,28-,29+/m0/s1. The fourth-order valence-electron chi connectivity index (χ4n) is 5.49. The van der Waals surface area contributed by atoms with Crippen LogP contribution in [0.15, 0.2) is 108 Å². The molecule has 3 heterocycles. The number of furan rings is 1. The van der Waals surface area contributed by atoms with Crippen molar-refractivity contribution in [2.24, 2.45) is 5.92 Å². The molecule has 0 saturated carbocycles. The van der Waals surface area contributed by atoms with Crippen LogP contribution >= 0.6 is 23.2 Å². The Hall–Kier alpha value is -4.10. The molecule has 2 saturated heterocycles. The lowest BCUT2D eigenvalue weighted by atomic mass is 9.94. The van der Waals surface area contributed by atoms with Crippen molar-refractivity contribution in [1.82, 2.24) is 0 Å². The molecule has 2 fully saturated rings. The number of halogens is 2. The fraction of sp³-hybridized carbons (Fsp3) is 0.0968. The molecule has 5 aromatic rings. The van der Waals surface area contributed by atoms with Crippen LogP contribution in [0.2, 0.25) is 10.0 Å². The predicted octanol–water partition coefficient (Wildman–Crippen LogP) is 7.46. The van der Waals surface area contributed by atoms with Gasteiger partial charge in [-0.3, -0.25) is 14.4 Å². The van der Waals surface area contributed by atoms with Gasteiger partial charge in [0, 0.05) is 16.0 Å². The first-order valence-electron chi connectivity index (χ1n) is 12.4. The summed E-state index contributed by atoms with van der Waals surface area (Å²) >= 11 is 12.6. The largest absolute Gasteiger partial charge is 0.459 e. The number of carbonyl (C=O) groups is 2. The molecule has 0 spiro atoms. The highest BCUT2D eigenvalue weighted by Gasteiger charge is 2.61. The highest BCUT2D eigenvalue weighted by Crippen LogP contribution is 2.49. The molecule has 192 valence electrons. The van der Waals surface area contributed by atoms with Crippen LogP contribution in [0.3, 0.4) is 0 Å². The van der Waals surface area contributed by atoms with Gasteiger partial charge in [-0.05, 0) is 53.9 Å². The summed E-state index contributed by atoms with van der Waals surface area (Å²) in [4.78, 5) is 35.4. The van der Waals surface area contributed by atoms with E-state index in [-0.39, 0.29) is 5.91 Å². The summed E-state index contributed by atoms with van der Waals surface area (Å²) in [6, 6.07) is 30.6. The Morgan fingerprint density at radius 2 is 1.51 bits per heavy atom. The van der Waals surface area contributed by atoms with Crippen LogP contribution in [0.4, 0.5) is 11.4 Å². The number of hydrogen-bond donors (Lipinski definition) is 0. The first-order chi connectivity index (χ1) is 19.0. The van der Waals surface area contributed by atoms with Gasteiger partial charge in [-0.1, -0.05) is 77.8 Å². The lowest BCUT2D eigenvalue weighted by molar-refractivity contribution is -0.126. The third kappa shape index (κ3) is 3.83. The third-order valence-corrected chi connectivity index (χ3v) is 7.81. The van der Waals surface area contributed by atoms with Crippen LogP contribution in [0, 0.1) is 5.92 Å². The van der Waals surface area contributed by atoms with Gasteiger partial charge >= 0.3 is 0 Å². The van der Waals surface area contributed by atoms with E-state index in [1.165, 1.54) is 4.90 Å². The molecule has 6 nitrogen and oxygen atoms in total. The minimum absolute atomic E-state index is 0.344. The van der Waals surface area contributed by atoms with Gasteiger partial charge in [0.15, 0.2) is 6.10 Å². The van der Waals surface area contributed by atoms with E-state index in [9.17, 15) is 9.59 Å². The van der Waals surface area contributed by atoms with Gasteiger partial charge in [0.2, 0.25) is 5.91 Å². The molecule has 7 rings (SSSR count). The van der Waals surface area contributed by atoms with Gasteiger partial charge < -0.3 is 4.42 Å². The molecule has 2 amide bonds. The zero-order valence-corrected chi connectivity index (χ0v) is 21.8. The topological polar surface area (TPSA) is 63.0 Å². The highest BCUT2D eigenvalue weighted by molar-refractivity contribution is 6.35. The maximum Gasteiger partial charge on any atom is 0.266 e. The second kappa shape index (κ2) is 9.27. The number of nitrogens with zero attached hydrogens (tertiary/aromatic N) is 2. The van der Waals surface area contributed by atoms with Crippen LogP contribution in [-0.4, -0.2) is 17.9 Å². The summed E-state index contributed by atoms with van der Waals surface area (Å²) in [5, 5.41) is 4.35. The monoisotopic (exact) mass is 554 g/mol. The molecule has 0 radical (unpaired) electrons. The number of benzene rings is 4. The van der Waals surface area contributed by atoms with E-state index in [1.54, 1.807) is 41.5 Å². The number of rotatable bonds is 4. The van der Waals surface area contributed by atoms with Crippen molar-refractivity contribution in [2.75, 3.05) is 9.96 Å². The second-order valence-corrected chi connectivity index (χ2v) is 10.3. The van der Waals surface area contributed by atoms with Gasteiger partial charge in [-0.15, -0.1) is 0 Å². The Labute approximate surface area is 233 Å². The van der Waals surface area contributed by atoms with Gasteiger partial charge in [0.1, 0.15) is 23.5 Å². The number of hydrogen-bond acceptors (Lipinski definition) is 5. The van der Waals surface area contributed by atoms with Crippen molar-refractivity contribution < 1.29 is 18.8 Å². The summed E-state index contributed by atoms with van der Waals surface area (Å²) in [5.74, 6) is -0.613. The summed E-state index contributed by atoms with van der Waals surface area (Å²) < 4.78 is 6.30. The molecule has 4 aromatic carbocycles. The van der Waals surface area contributed by atoms with Crippen molar-refractivity contribution in [3.63, 3.8) is 0 Å². The molecule has 3 atom stereocenters. The molecule has 39 heavy (non-hydrogen) atoms. The smallest absolute Gasteiger partial charge is 0.266 e. The lowest BCUT2D eigenvalue weighted by Crippen LogP contribution is -2.37. The van der Waals surface area contributed by atoms with E-state index < -0.39 is 24.0 Å². The molecule has 0 aliphatic carbocycles. The summed E-state index contributed by atoms with van der Waals surface area (Å²) in [6.07, 6.45) is -1.01. The van der Waals surface area contributed by atoms with Crippen molar-refractivity contribution in [1.29, 1.82) is 0 Å². The SMILES string of the molecule is O=C1[C@@H]2[C@@H](ON(c3ccccc3)[C@H]2c2ccc(-c3cc(Cl)ccc3Cl)o2)C(=O)N1c1cccc2ccccc12. The maximum absolute atomic E-state index is 14.1. The number of amides is 2. The Morgan fingerprint density at radius 3 is 2.36 bits per heavy atom. The predicted molar refractivity (Wildman–Crippen MR) is 151 cm³/mol. The molecular weight excluding hydrogens is 535 g/mol. The van der Waals surface area contributed by atoms with Gasteiger partial charge in [-0.25, -0.2) is 9.96 Å². The first-order valence-corrected chi connectivity index (χ1v) is 13.2. The number of para-hydroxylation sites is 1. The molecule has 1 aromatic heterocycles. The van der Waals surface area contributed by atoms with Crippen LogP contribution < -0.4 is 9.96 Å². The van der Waals surface area contributed by atoms with Gasteiger partial charge in [0.05, 0.1) is 16.4 Å². The van der Waals surface area contributed by atoms with Crippen molar-refractivity contribution in [2.45, 2.75) is 12.1 Å². The van der Waals surface area contributed by atoms with Crippen molar-refractivity contribution >= 4 is 57.2 Å². The average Bonchev–Trinajstić information content (AvgIpc) is 3.65. The molecule has 2 aliphatic heterocycles. The number of carbonyl (C=O) groups excluding carboxylic acids is 2. The molecular formula is C31H20Cl2N2O4. The van der Waals surface area contributed by atoms with E-state index in [1.807, 2.05) is 66.7 Å². The molecule has 2 aliphatic rings. The van der Waals surface area contributed by atoms with Gasteiger partial charge in [0.25, 0.3) is 5.91 Å². The molecule has 8 heteroatoms. The Kier molecular flexibility index (Phi) is 5.70. The minimum atomic E-state index is -1.01. The van der Waals surface area contributed by atoms with Crippen molar-refractivity contribution in [3.8, 4) is 11.3 Å². The Balaban J connectivity index is 1.33. The van der Waals surface area contributed by atoms with E-state index in [0.717, 1.165) is 10.8 Å². The number of fused-ring (bicyclic) bond motifs is 2. The number of hydroxylamine groups is 1. The van der Waals surface area contributed by atoms with Crippen LogP contribution in [0.5, 0.6) is 0 Å². The van der Waals surface area contributed by atoms with E-state index in [2.05, 4.69) is 0 Å². The van der Waals surface area contributed by atoms with Crippen LogP contribution in [0.1, 0.15) is 11.8 Å². The molecule has 0 unspecified atom stereocenters. The molecule has 0 bridgehead atoms. The zero-order valence-electron chi connectivity index (χ0n) is 20.3. The minimum Gasteiger partial charge on any atom is -0.459 e. The van der Waals surface area contributed by atoms with Crippen LogP contribution in [0.25, 0.3) is 22.1 Å². The number of imide groups is 1. The van der Waals surface area contributed by atoms with E-state index in [4.69, 9.17) is 32.5 Å². The normalized spacial score (nSPS) is 20.7. The summed E-state index contributed by atoms with van der Waals surface area (Å²) in [7, 11) is 0. The fourth-order valence-corrected chi connectivity index (χ4v) is 5.87. The van der Waals surface area contributed by atoms with E-state index in [0.29, 0.717) is 38.5 Å².